The van der Waals surface area contributed by atoms with E-state index >= 15 is 0 Å². The predicted molar refractivity (Wildman–Crippen MR) is 74.6 cm³/mol. The lowest BCUT2D eigenvalue weighted by molar-refractivity contribution is -0.137. The standard InChI is InChI=1S/C12H12ClF3N2O3S/c1-2-5-18(7-11(17)19)22(20,21)8-3-4-10(13)9(6-8)12(14,15)16/h2-4,6H,1,5,7H2,(H2,17,19). The van der Waals surface area contributed by atoms with Gasteiger partial charge in [-0.3, -0.25) is 4.79 Å². The topological polar surface area (TPSA) is 80.5 Å². The summed E-state index contributed by atoms with van der Waals surface area (Å²) in [6, 6.07) is 2.16. The maximum Gasteiger partial charge on any atom is 0.417 e. The molecule has 0 unspecified atom stereocenters. The number of nitrogens with two attached hydrogens (primary N) is 1. The number of halogens is 4. The van der Waals surface area contributed by atoms with Crippen molar-refractivity contribution >= 4 is 27.5 Å². The van der Waals surface area contributed by atoms with Gasteiger partial charge in [0.1, 0.15) is 0 Å². The highest BCUT2D eigenvalue weighted by Crippen LogP contribution is 2.36. The zero-order chi connectivity index (χ0) is 17.1. The third-order valence-corrected chi connectivity index (χ3v) is 4.68. The zero-order valence-electron chi connectivity index (χ0n) is 11.1. The normalized spacial score (nSPS) is 12.4. The van der Waals surface area contributed by atoms with Crippen LogP contribution in [0.15, 0.2) is 35.7 Å². The third-order valence-electron chi connectivity index (χ3n) is 2.55. The van der Waals surface area contributed by atoms with Crippen molar-refractivity contribution in [3.63, 3.8) is 0 Å². The van der Waals surface area contributed by atoms with E-state index in [-0.39, 0.29) is 6.54 Å². The van der Waals surface area contributed by atoms with Gasteiger partial charge in [0.25, 0.3) is 0 Å². The Morgan fingerprint density at radius 1 is 1.41 bits per heavy atom. The second kappa shape index (κ2) is 6.67. The van der Waals surface area contributed by atoms with E-state index in [1.54, 1.807) is 0 Å². The van der Waals surface area contributed by atoms with Crippen molar-refractivity contribution in [3.8, 4) is 0 Å². The third kappa shape index (κ3) is 4.21. The Balaban J connectivity index is 3.38. The Morgan fingerprint density at radius 2 is 2.00 bits per heavy atom. The lowest BCUT2D eigenvalue weighted by Crippen LogP contribution is -2.38. The molecule has 1 rings (SSSR count). The van der Waals surface area contributed by atoms with E-state index in [1.807, 2.05) is 0 Å². The van der Waals surface area contributed by atoms with E-state index in [2.05, 4.69) is 6.58 Å². The average Bonchev–Trinajstić information content (AvgIpc) is 2.36. The Bertz CT molecular complexity index is 689. The minimum Gasteiger partial charge on any atom is -0.369 e. The summed E-state index contributed by atoms with van der Waals surface area (Å²) in [5.74, 6) is -0.949. The molecule has 122 valence electrons. The Labute approximate surface area is 130 Å². The van der Waals surface area contributed by atoms with Gasteiger partial charge >= 0.3 is 6.18 Å². The number of benzene rings is 1. The summed E-state index contributed by atoms with van der Waals surface area (Å²) in [5.41, 5.74) is 3.66. The lowest BCUT2D eigenvalue weighted by Gasteiger charge is -2.20. The van der Waals surface area contributed by atoms with Gasteiger partial charge in [-0.2, -0.15) is 17.5 Å². The molecule has 0 aliphatic rings. The van der Waals surface area contributed by atoms with E-state index < -0.39 is 44.1 Å². The van der Waals surface area contributed by atoms with Crippen LogP contribution in [0.2, 0.25) is 5.02 Å². The minimum atomic E-state index is -4.81. The van der Waals surface area contributed by atoms with Crippen LogP contribution in [0.25, 0.3) is 0 Å². The number of alkyl halides is 3. The molecule has 0 radical (unpaired) electrons. The molecule has 0 aromatic heterocycles. The molecule has 0 aliphatic carbocycles. The molecule has 0 saturated carbocycles. The molecule has 2 N–H and O–H groups in total. The quantitative estimate of drug-likeness (QED) is 0.792. The van der Waals surface area contributed by atoms with Crippen LogP contribution >= 0.6 is 11.6 Å². The van der Waals surface area contributed by atoms with Gasteiger partial charge in [-0.1, -0.05) is 17.7 Å². The number of hydrogen-bond donors (Lipinski definition) is 1. The molecule has 5 nitrogen and oxygen atoms in total. The number of hydrogen-bond acceptors (Lipinski definition) is 3. The average molecular weight is 357 g/mol. The second-order valence-corrected chi connectivity index (χ2v) is 6.54. The highest BCUT2D eigenvalue weighted by molar-refractivity contribution is 7.89. The van der Waals surface area contributed by atoms with Crippen molar-refractivity contribution in [2.75, 3.05) is 13.1 Å². The summed E-state index contributed by atoms with van der Waals surface area (Å²) in [6.45, 7) is 2.36. The van der Waals surface area contributed by atoms with E-state index in [4.69, 9.17) is 17.3 Å². The monoisotopic (exact) mass is 356 g/mol. The van der Waals surface area contributed by atoms with Gasteiger partial charge in [0.2, 0.25) is 15.9 Å². The van der Waals surface area contributed by atoms with Crippen molar-refractivity contribution in [1.82, 2.24) is 4.31 Å². The molecule has 1 aromatic rings. The molecule has 0 spiro atoms. The maximum atomic E-state index is 12.8. The first-order valence-corrected chi connectivity index (χ1v) is 7.58. The molecule has 0 bridgehead atoms. The second-order valence-electron chi connectivity index (χ2n) is 4.19. The largest absolute Gasteiger partial charge is 0.417 e. The van der Waals surface area contributed by atoms with Gasteiger partial charge in [0, 0.05) is 6.54 Å². The fourth-order valence-corrected chi connectivity index (χ4v) is 3.23. The highest BCUT2D eigenvalue weighted by atomic mass is 35.5. The van der Waals surface area contributed by atoms with Crippen LogP contribution in [0.3, 0.4) is 0 Å². The van der Waals surface area contributed by atoms with Crippen molar-refractivity contribution < 1.29 is 26.4 Å². The number of sulfonamides is 1. The molecule has 10 heteroatoms. The van der Waals surface area contributed by atoms with Crippen molar-refractivity contribution in [1.29, 1.82) is 0 Å². The van der Waals surface area contributed by atoms with Crippen molar-refractivity contribution in [2.24, 2.45) is 5.73 Å². The van der Waals surface area contributed by atoms with E-state index in [0.29, 0.717) is 10.4 Å². The van der Waals surface area contributed by atoms with Gasteiger partial charge in [-0.05, 0) is 18.2 Å². The molecule has 0 fully saturated rings. The molecular weight excluding hydrogens is 345 g/mol. The first-order chi connectivity index (χ1) is 10.00. The van der Waals surface area contributed by atoms with Crippen molar-refractivity contribution in [3.05, 3.63) is 41.4 Å². The van der Waals surface area contributed by atoms with Gasteiger partial charge < -0.3 is 5.73 Å². The van der Waals surface area contributed by atoms with Crippen LogP contribution in [0, 0.1) is 0 Å². The predicted octanol–water partition coefficient (Wildman–Crippen LogP) is 2.02. The number of primary amides is 1. The van der Waals surface area contributed by atoms with E-state index in [0.717, 1.165) is 12.1 Å². The number of amides is 1. The molecule has 0 aliphatic heterocycles. The SMILES string of the molecule is C=CCN(CC(N)=O)S(=O)(=O)c1ccc(Cl)c(C(F)(F)F)c1. The number of rotatable bonds is 6. The fraction of sp³-hybridized carbons (Fsp3) is 0.250. The first-order valence-electron chi connectivity index (χ1n) is 5.76. The molecule has 0 atom stereocenters. The Morgan fingerprint density at radius 3 is 2.45 bits per heavy atom. The molecule has 22 heavy (non-hydrogen) atoms. The summed E-state index contributed by atoms with van der Waals surface area (Å²) in [7, 11) is -4.36. The van der Waals surface area contributed by atoms with Crippen LogP contribution in [0.1, 0.15) is 5.56 Å². The van der Waals surface area contributed by atoms with E-state index in [1.165, 1.54) is 6.08 Å². The van der Waals surface area contributed by atoms with Crippen LogP contribution in [0.4, 0.5) is 13.2 Å². The lowest BCUT2D eigenvalue weighted by atomic mass is 10.2. The van der Waals surface area contributed by atoms with Crippen LogP contribution < -0.4 is 5.73 Å². The molecular formula is C12H12ClF3N2O3S. The maximum absolute atomic E-state index is 12.8. The van der Waals surface area contributed by atoms with E-state index in [9.17, 15) is 26.4 Å². The number of carbonyl (C=O) groups excluding carboxylic acids is 1. The molecule has 1 aromatic carbocycles. The summed E-state index contributed by atoms with van der Waals surface area (Å²) in [4.78, 5) is 10.3. The summed E-state index contributed by atoms with van der Waals surface area (Å²) in [6.07, 6.45) is -3.63. The van der Waals surface area contributed by atoms with Crippen molar-refractivity contribution in [2.45, 2.75) is 11.1 Å². The Hall–Kier alpha value is -1.58. The first kappa shape index (κ1) is 18.5. The zero-order valence-corrected chi connectivity index (χ0v) is 12.7. The van der Waals surface area contributed by atoms with Crippen LogP contribution in [-0.2, 0) is 21.0 Å². The molecule has 1 amide bonds. The molecule has 0 heterocycles. The van der Waals surface area contributed by atoms with Crippen LogP contribution in [-0.4, -0.2) is 31.7 Å². The van der Waals surface area contributed by atoms with Gasteiger partial charge in [-0.15, -0.1) is 6.58 Å². The number of carbonyl (C=O) groups is 1. The smallest absolute Gasteiger partial charge is 0.369 e. The van der Waals surface area contributed by atoms with Gasteiger partial charge in [0.05, 0.1) is 22.0 Å². The minimum absolute atomic E-state index is 0.282. The number of nitrogens with zero attached hydrogens (tertiary/aromatic N) is 1. The summed E-state index contributed by atoms with van der Waals surface area (Å²) < 4.78 is 63.6. The summed E-state index contributed by atoms with van der Waals surface area (Å²) >= 11 is 5.44. The summed E-state index contributed by atoms with van der Waals surface area (Å²) in [5, 5.41) is -0.628. The van der Waals surface area contributed by atoms with Gasteiger partial charge in [0.15, 0.2) is 0 Å². The Kier molecular flexibility index (Phi) is 5.60. The van der Waals surface area contributed by atoms with Crippen LogP contribution in [0.5, 0.6) is 0 Å². The highest BCUT2D eigenvalue weighted by Gasteiger charge is 2.35. The molecule has 0 saturated heterocycles. The van der Waals surface area contributed by atoms with Gasteiger partial charge in [-0.25, -0.2) is 8.42 Å². The fourth-order valence-electron chi connectivity index (χ4n) is 1.60.